The Balaban J connectivity index is 0.000000963. The molecule has 1 spiro atoms. The van der Waals surface area contributed by atoms with Crippen LogP contribution in [0.15, 0.2) is 4.99 Å². The van der Waals surface area contributed by atoms with E-state index in [2.05, 4.69) is 11.9 Å². The predicted octanol–water partition coefficient (Wildman–Crippen LogP) is 2.35. The van der Waals surface area contributed by atoms with E-state index in [0.717, 1.165) is 5.96 Å². The average Bonchev–Trinajstić information content (AvgIpc) is 3.08. The summed E-state index contributed by atoms with van der Waals surface area (Å²) in [5.74, 6) is 0.784. The number of guanidine groups is 1. The molecule has 3 rings (SSSR count). The van der Waals surface area contributed by atoms with Gasteiger partial charge in [0.1, 0.15) is 0 Å². The van der Waals surface area contributed by atoms with Crippen molar-refractivity contribution in [2.75, 3.05) is 7.05 Å². The second-order valence-electron chi connectivity index (χ2n) is 5.62. The highest BCUT2D eigenvalue weighted by atomic mass is 127. The minimum absolute atomic E-state index is 0. The zero-order valence-corrected chi connectivity index (χ0v) is 12.3. The highest BCUT2D eigenvalue weighted by Crippen LogP contribution is 2.59. The lowest BCUT2D eigenvalue weighted by atomic mass is 10.1. The van der Waals surface area contributed by atoms with E-state index in [1.807, 2.05) is 0 Å². The van der Waals surface area contributed by atoms with Crippen molar-refractivity contribution in [1.29, 1.82) is 0 Å². The van der Waals surface area contributed by atoms with Gasteiger partial charge in [-0.05, 0) is 37.5 Å². The van der Waals surface area contributed by atoms with Gasteiger partial charge in [0.05, 0.1) is 6.04 Å². The smallest absolute Gasteiger partial charge is 0.191 e. The van der Waals surface area contributed by atoms with Gasteiger partial charge in [0.25, 0.3) is 0 Å². The molecule has 3 nitrogen and oxygen atoms in total. The lowest BCUT2D eigenvalue weighted by Crippen LogP contribution is -2.36. The lowest BCUT2D eigenvalue weighted by Gasteiger charge is -2.17. The summed E-state index contributed by atoms with van der Waals surface area (Å²) < 4.78 is 0. The van der Waals surface area contributed by atoms with E-state index in [1.165, 1.54) is 44.9 Å². The monoisotopic (exact) mass is 335 g/mol. The molecule has 4 heteroatoms. The SMILES string of the molecule is CN(C(N)=NC1CC12CCCC2)C1CC1.I. The van der Waals surface area contributed by atoms with Crippen molar-refractivity contribution in [3.8, 4) is 0 Å². The maximum absolute atomic E-state index is 6.03. The third-order valence-electron chi connectivity index (χ3n) is 4.49. The van der Waals surface area contributed by atoms with Crippen LogP contribution in [-0.4, -0.2) is 30.0 Å². The number of halogens is 1. The molecule has 3 aliphatic rings. The first kappa shape index (κ1) is 12.5. The molecule has 0 aromatic carbocycles. The summed E-state index contributed by atoms with van der Waals surface area (Å²) in [6.07, 6.45) is 9.48. The Kier molecular flexibility index (Phi) is 3.39. The Morgan fingerprint density at radius 2 is 1.94 bits per heavy atom. The molecule has 0 amide bonds. The van der Waals surface area contributed by atoms with Gasteiger partial charge in [0.15, 0.2) is 5.96 Å². The first-order chi connectivity index (χ1) is 7.21. The predicted molar refractivity (Wildman–Crippen MR) is 77.1 cm³/mol. The molecular weight excluding hydrogens is 313 g/mol. The van der Waals surface area contributed by atoms with Gasteiger partial charge in [-0.2, -0.15) is 0 Å². The third kappa shape index (κ3) is 2.17. The standard InChI is InChI=1S/C12H21N3.HI/c1-15(9-4-5-9)11(13)14-10-8-12(10)6-2-3-7-12;/h9-10H,2-8H2,1H3,(H2,13,14);1H. The van der Waals surface area contributed by atoms with Gasteiger partial charge in [0, 0.05) is 13.1 Å². The fourth-order valence-electron chi connectivity index (χ4n) is 3.02. The van der Waals surface area contributed by atoms with Gasteiger partial charge in [-0.3, -0.25) is 0 Å². The average molecular weight is 335 g/mol. The molecule has 0 saturated heterocycles. The highest BCUT2D eigenvalue weighted by molar-refractivity contribution is 14.0. The lowest BCUT2D eigenvalue weighted by molar-refractivity contribution is 0.476. The zero-order chi connectivity index (χ0) is 10.5. The first-order valence-electron chi connectivity index (χ1n) is 6.27. The Bertz CT molecular complexity index is 293. The van der Waals surface area contributed by atoms with Crippen LogP contribution in [0, 0.1) is 5.41 Å². The van der Waals surface area contributed by atoms with Crippen molar-refractivity contribution in [3.63, 3.8) is 0 Å². The molecule has 3 saturated carbocycles. The van der Waals surface area contributed by atoms with Gasteiger partial charge in [-0.15, -0.1) is 24.0 Å². The van der Waals surface area contributed by atoms with E-state index < -0.39 is 0 Å². The molecule has 1 atom stereocenters. The fourth-order valence-corrected chi connectivity index (χ4v) is 3.02. The molecule has 3 aliphatic carbocycles. The molecule has 0 aromatic rings. The molecule has 0 aliphatic heterocycles. The van der Waals surface area contributed by atoms with Crippen LogP contribution in [0.1, 0.15) is 44.9 Å². The summed E-state index contributed by atoms with van der Waals surface area (Å²) in [6.45, 7) is 0. The number of nitrogens with two attached hydrogens (primary N) is 1. The number of aliphatic imine (C=N–C) groups is 1. The van der Waals surface area contributed by atoms with E-state index in [9.17, 15) is 0 Å². The molecule has 0 radical (unpaired) electrons. The molecule has 92 valence electrons. The van der Waals surface area contributed by atoms with Crippen LogP contribution in [0.4, 0.5) is 0 Å². The summed E-state index contributed by atoms with van der Waals surface area (Å²) in [6, 6.07) is 1.24. The van der Waals surface area contributed by atoms with E-state index >= 15 is 0 Å². The Hall–Kier alpha value is 0. The van der Waals surface area contributed by atoms with Crippen LogP contribution < -0.4 is 5.73 Å². The van der Waals surface area contributed by atoms with Crippen molar-refractivity contribution in [1.82, 2.24) is 4.90 Å². The largest absolute Gasteiger partial charge is 0.370 e. The molecule has 16 heavy (non-hydrogen) atoms. The van der Waals surface area contributed by atoms with Crippen LogP contribution >= 0.6 is 24.0 Å². The maximum Gasteiger partial charge on any atom is 0.191 e. The van der Waals surface area contributed by atoms with Crippen LogP contribution in [0.3, 0.4) is 0 Å². The molecule has 0 heterocycles. The van der Waals surface area contributed by atoms with Crippen LogP contribution in [0.2, 0.25) is 0 Å². The number of hydrogen-bond acceptors (Lipinski definition) is 1. The van der Waals surface area contributed by atoms with Gasteiger partial charge in [0.2, 0.25) is 0 Å². The summed E-state index contributed by atoms with van der Waals surface area (Å²) in [5.41, 5.74) is 6.62. The Morgan fingerprint density at radius 1 is 1.31 bits per heavy atom. The third-order valence-corrected chi connectivity index (χ3v) is 4.49. The minimum atomic E-state index is 0. The van der Waals surface area contributed by atoms with Crippen molar-refractivity contribution in [2.24, 2.45) is 16.1 Å². The van der Waals surface area contributed by atoms with Gasteiger partial charge < -0.3 is 10.6 Å². The van der Waals surface area contributed by atoms with Crippen molar-refractivity contribution >= 4 is 29.9 Å². The molecule has 0 aromatic heterocycles. The summed E-state index contributed by atoms with van der Waals surface area (Å²) in [4.78, 5) is 6.87. The van der Waals surface area contributed by atoms with Gasteiger partial charge in [-0.1, -0.05) is 12.8 Å². The van der Waals surface area contributed by atoms with E-state index in [1.54, 1.807) is 0 Å². The number of rotatable bonds is 2. The topological polar surface area (TPSA) is 41.6 Å². The van der Waals surface area contributed by atoms with Crippen LogP contribution in [-0.2, 0) is 0 Å². The first-order valence-corrected chi connectivity index (χ1v) is 6.27. The minimum Gasteiger partial charge on any atom is -0.370 e. The van der Waals surface area contributed by atoms with Crippen molar-refractivity contribution in [2.45, 2.75) is 57.0 Å². The Morgan fingerprint density at radius 3 is 2.50 bits per heavy atom. The zero-order valence-electron chi connectivity index (χ0n) is 9.98. The van der Waals surface area contributed by atoms with Crippen LogP contribution in [0.5, 0.6) is 0 Å². The molecule has 2 N–H and O–H groups in total. The molecule has 0 bridgehead atoms. The number of nitrogens with zero attached hydrogens (tertiary/aromatic N) is 2. The quantitative estimate of drug-likeness (QED) is 0.478. The van der Waals surface area contributed by atoms with Crippen LogP contribution in [0.25, 0.3) is 0 Å². The normalized spacial score (nSPS) is 31.3. The summed E-state index contributed by atoms with van der Waals surface area (Å²) >= 11 is 0. The highest BCUT2D eigenvalue weighted by Gasteiger charge is 2.55. The summed E-state index contributed by atoms with van der Waals surface area (Å²) in [7, 11) is 2.08. The van der Waals surface area contributed by atoms with Gasteiger partial charge >= 0.3 is 0 Å². The van der Waals surface area contributed by atoms with E-state index in [0.29, 0.717) is 17.5 Å². The van der Waals surface area contributed by atoms with Gasteiger partial charge in [-0.25, -0.2) is 4.99 Å². The number of hydrogen-bond donors (Lipinski definition) is 1. The second-order valence-corrected chi connectivity index (χ2v) is 5.62. The summed E-state index contributed by atoms with van der Waals surface area (Å²) in [5, 5.41) is 0. The fraction of sp³-hybridized carbons (Fsp3) is 0.917. The van der Waals surface area contributed by atoms with E-state index in [-0.39, 0.29) is 24.0 Å². The van der Waals surface area contributed by atoms with Crippen molar-refractivity contribution in [3.05, 3.63) is 0 Å². The Labute approximate surface area is 115 Å². The second kappa shape index (κ2) is 4.35. The molecule has 1 unspecified atom stereocenters. The van der Waals surface area contributed by atoms with Crippen molar-refractivity contribution < 1.29 is 0 Å². The van der Waals surface area contributed by atoms with E-state index in [4.69, 9.17) is 10.7 Å². The molecular formula is C12H22IN3. The molecule has 3 fully saturated rings. The maximum atomic E-state index is 6.03.